The molecule has 0 spiro atoms. The van der Waals surface area contributed by atoms with Gasteiger partial charge in [0.2, 0.25) is 10.0 Å². The normalized spacial score (nSPS) is 17.6. The van der Waals surface area contributed by atoms with E-state index in [0.717, 1.165) is 58.9 Å². The number of carbonyl (C=O) groups is 2. The number of sulfonamides is 1. The monoisotopic (exact) mass is 612 g/mol. The summed E-state index contributed by atoms with van der Waals surface area (Å²) in [5.41, 5.74) is 3.53. The zero-order valence-corrected chi connectivity index (χ0v) is 25.4. The van der Waals surface area contributed by atoms with Crippen LogP contribution in [0.5, 0.6) is 0 Å². The molecule has 0 aliphatic heterocycles. The first-order valence-electron chi connectivity index (χ1n) is 14.1. The van der Waals surface area contributed by atoms with Gasteiger partial charge in [-0.3, -0.25) is 9.59 Å². The molecule has 3 aliphatic carbocycles. The largest absolute Gasteiger partial charge is 0.355 e. The maximum Gasteiger partial charge on any atom is 0.284 e. The molecule has 3 fully saturated rings. The van der Waals surface area contributed by atoms with E-state index in [1.165, 1.54) is 11.3 Å². The predicted molar refractivity (Wildman–Crippen MR) is 162 cm³/mol. The maximum atomic E-state index is 13.1. The Labute approximate surface area is 249 Å². The number of hydrogen-bond acceptors (Lipinski definition) is 7. The van der Waals surface area contributed by atoms with Crippen LogP contribution in [0.2, 0.25) is 5.02 Å². The van der Waals surface area contributed by atoms with Gasteiger partial charge in [-0.15, -0.1) is 11.3 Å². The van der Waals surface area contributed by atoms with Crippen molar-refractivity contribution in [2.75, 3.05) is 18.5 Å². The summed E-state index contributed by atoms with van der Waals surface area (Å²) in [5.74, 6) is 0.0390. The first-order valence-corrected chi connectivity index (χ1v) is 16.8. The molecule has 2 amide bonds. The number of nitrogens with one attached hydrogen (secondary N) is 2. The molecule has 41 heavy (non-hydrogen) atoms. The summed E-state index contributed by atoms with van der Waals surface area (Å²) in [7, 11) is -2.05. The number of carbonyl (C=O) groups excluding carboxylic acids is 2. The molecule has 0 radical (unpaired) electrons. The molecule has 3 aliphatic rings. The lowest BCUT2D eigenvalue weighted by Crippen LogP contribution is -2.34. The van der Waals surface area contributed by atoms with Crippen molar-refractivity contribution in [3.8, 4) is 11.1 Å². The predicted octanol–water partition coefficient (Wildman–Crippen LogP) is 5.90. The second kappa shape index (κ2) is 11.0. The van der Waals surface area contributed by atoms with Crippen LogP contribution in [0.3, 0.4) is 0 Å². The smallest absolute Gasteiger partial charge is 0.284 e. The molecule has 8 nitrogen and oxygen atoms in total. The minimum atomic E-state index is -3.66. The highest BCUT2D eigenvalue weighted by Crippen LogP contribution is 2.48. The van der Waals surface area contributed by atoms with E-state index in [-0.39, 0.29) is 23.6 Å². The SMILES string of the molecule is CNC(=O)c1ccc(Cl)cc1-c1ccc([C@@H](C)N(CC2CC2)c2nc(C(=O)NS(=O)(=O)C3CC3)c(C3CC3)s2)cc1. The average Bonchev–Trinajstić information content (AvgIpc) is 3.81. The van der Waals surface area contributed by atoms with Crippen molar-refractivity contribution in [1.82, 2.24) is 15.0 Å². The Morgan fingerprint density at radius 3 is 2.37 bits per heavy atom. The number of rotatable bonds is 11. The molecule has 3 aromatic rings. The standard InChI is InChI=1S/C30H33ClN4O4S2/c1-17(19-5-7-20(8-6-19)25-15-22(31)11-14-24(25)28(36)32-2)35(16-18-3-4-18)30-33-26(27(40-30)21-9-10-21)29(37)34-41(38,39)23-12-13-23/h5-8,11,14-15,17-18,21,23H,3-4,9-10,12-13,16H2,1-2H3,(H,32,36)(H,34,37)/t17-/m1/s1. The molecule has 1 atom stereocenters. The number of nitrogens with zero attached hydrogens (tertiary/aromatic N) is 2. The molecular formula is C30H33ClN4O4S2. The summed E-state index contributed by atoms with van der Waals surface area (Å²) in [5, 5.41) is 3.53. The summed E-state index contributed by atoms with van der Waals surface area (Å²) in [6, 6.07) is 13.3. The number of hydrogen-bond donors (Lipinski definition) is 2. The summed E-state index contributed by atoms with van der Waals surface area (Å²) in [4.78, 5) is 33.5. The van der Waals surface area contributed by atoms with Gasteiger partial charge >= 0.3 is 0 Å². The molecule has 0 unspecified atom stereocenters. The van der Waals surface area contributed by atoms with Gasteiger partial charge in [-0.2, -0.15) is 0 Å². The highest BCUT2D eigenvalue weighted by Gasteiger charge is 2.40. The zero-order chi connectivity index (χ0) is 28.9. The van der Waals surface area contributed by atoms with E-state index in [9.17, 15) is 18.0 Å². The van der Waals surface area contributed by atoms with Gasteiger partial charge in [0.15, 0.2) is 5.13 Å². The summed E-state index contributed by atoms with van der Waals surface area (Å²) < 4.78 is 27.3. The van der Waals surface area contributed by atoms with Gasteiger partial charge in [0.25, 0.3) is 11.8 Å². The third-order valence-corrected chi connectivity index (χ3v) is 11.3. The van der Waals surface area contributed by atoms with Crippen molar-refractivity contribution in [3.63, 3.8) is 0 Å². The highest BCUT2D eigenvalue weighted by molar-refractivity contribution is 7.91. The highest BCUT2D eigenvalue weighted by atomic mass is 35.5. The van der Waals surface area contributed by atoms with Crippen LogP contribution in [0.15, 0.2) is 42.5 Å². The summed E-state index contributed by atoms with van der Waals surface area (Å²) in [6.45, 7) is 2.94. The maximum absolute atomic E-state index is 13.1. The van der Waals surface area contributed by atoms with E-state index in [1.807, 2.05) is 12.1 Å². The minimum Gasteiger partial charge on any atom is -0.355 e. The van der Waals surface area contributed by atoms with Crippen molar-refractivity contribution in [2.24, 2.45) is 5.92 Å². The number of anilines is 1. The Balaban J connectivity index is 1.29. The molecule has 2 aromatic carbocycles. The Morgan fingerprint density at radius 1 is 1.05 bits per heavy atom. The second-order valence-corrected chi connectivity index (χ2v) is 14.7. The number of benzene rings is 2. The lowest BCUT2D eigenvalue weighted by atomic mass is 9.96. The van der Waals surface area contributed by atoms with Crippen molar-refractivity contribution in [2.45, 2.75) is 62.7 Å². The Morgan fingerprint density at radius 2 is 1.76 bits per heavy atom. The van der Waals surface area contributed by atoms with Gasteiger partial charge in [-0.1, -0.05) is 35.9 Å². The van der Waals surface area contributed by atoms with Crippen molar-refractivity contribution < 1.29 is 18.0 Å². The van der Waals surface area contributed by atoms with E-state index in [2.05, 4.69) is 34.0 Å². The van der Waals surface area contributed by atoms with Crippen LogP contribution in [0.25, 0.3) is 11.1 Å². The molecule has 216 valence electrons. The van der Waals surface area contributed by atoms with Gasteiger partial charge in [0.1, 0.15) is 5.69 Å². The van der Waals surface area contributed by atoms with Crippen molar-refractivity contribution >= 4 is 49.9 Å². The lowest BCUT2D eigenvalue weighted by molar-refractivity contribution is 0.0959. The van der Waals surface area contributed by atoms with Crippen LogP contribution in [0.1, 0.15) is 88.7 Å². The third kappa shape index (κ3) is 6.15. The molecule has 11 heteroatoms. The Kier molecular flexibility index (Phi) is 7.59. The van der Waals surface area contributed by atoms with Crippen LogP contribution in [-0.4, -0.2) is 44.1 Å². The molecule has 0 saturated heterocycles. The van der Waals surface area contributed by atoms with Crippen LogP contribution in [-0.2, 0) is 10.0 Å². The Hall–Kier alpha value is -2.95. The van der Waals surface area contributed by atoms with E-state index >= 15 is 0 Å². The fourth-order valence-corrected chi connectivity index (χ4v) is 7.83. The van der Waals surface area contributed by atoms with Crippen LogP contribution in [0, 0.1) is 5.92 Å². The first-order chi connectivity index (χ1) is 19.6. The van der Waals surface area contributed by atoms with Gasteiger partial charge in [0, 0.05) is 29.1 Å². The molecule has 3 saturated carbocycles. The van der Waals surface area contributed by atoms with Gasteiger partial charge in [-0.05, 0) is 92.2 Å². The number of aromatic nitrogens is 1. The van der Waals surface area contributed by atoms with Gasteiger partial charge < -0.3 is 10.2 Å². The Bertz CT molecular complexity index is 1590. The van der Waals surface area contributed by atoms with Gasteiger partial charge in [0.05, 0.1) is 11.3 Å². The fraction of sp³-hybridized carbons (Fsp3) is 0.433. The molecule has 2 N–H and O–H groups in total. The summed E-state index contributed by atoms with van der Waals surface area (Å²) >= 11 is 7.79. The van der Waals surface area contributed by atoms with Crippen LogP contribution >= 0.6 is 22.9 Å². The molecule has 0 bridgehead atoms. The lowest BCUT2D eigenvalue weighted by Gasteiger charge is -2.29. The third-order valence-electron chi connectivity index (χ3n) is 8.03. The van der Waals surface area contributed by atoms with Crippen LogP contribution < -0.4 is 14.9 Å². The number of halogens is 1. The second-order valence-electron chi connectivity index (χ2n) is 11.3. The summed E-state index contributed by atoms with van der Waals surface area (Å²) in [6.07, 6.45) is 5.48. The zero-order valence-electron chi connectivity index (χ0n) is 23.0. The van der Waals surface area contributed by atoms with E-state index < -0.39 is 21.2 Å². The molecule has 1 heterocycles. The topological polar surface area (TPSA) is 108 Å². The number of thiazole rings is 1. The average molecular weight is 613 g/mol. The van der Waals surface area contributed by atoms with E-state index in [0.29, 0.717) is 29.3 Å². The van der Waals surface area contributed by atoms with E-state index in [1.54, 1.807) is 25.2 Å². The first kappa shape index (κ1) is 28.2. The van der Waals surface area contributed by atoms with Crippen molar-refractivity contribution in [1.29, 1.82) is 0 Å². The van der Waals surface area contributed by atoms with Gasteiger partial charge in [-0.25, -0.2) is 18.1 Å². The quantitative estimate of drug-likeness (QED) is 0.279. The minimum absolute atomic E-state index is 0.0354. The van der Waals surface area contributed by atoms with E-state index in [4.69, 9.17) is 16.6 Å². The van der Waals surface area contributed by atoms with Crippen molar-refractivity contribution in [3.05, 3.63) is 69.2 Å². The molecular weight excluding hydrogens is 580 g/mol. The van der Waals surface area contributed by atoms with Crippen LogP contribution in [0.4, 0.5) is 5.13 Å². The number of amides is 2. The molecule has 1 aromatic heterocycles. The molecule has 6 rings (SSSR count). The fourth-order valence-electron chi connectivity index (χ4n) is 5.06.